The van der Waals surface area contributed by atoms with Gasteiger partial charge in [0.25, 0.3) is 0 Å². The van der Waals surface area contributed by atoms with Crippen LogP contribution in [0.25, 0.3) is 0 Å². The first-order chi connectivity index (χ1) is 9.88. The molecule has 2 N–H and O–H groups in total. The Labute approximate surface area is 121 Å². The lowest BCUT2D eigenvalue weighted by Gasteiger charge is -2.16. The van der Waals surface area contributed by atoms with Crippen LogP contribution in [0.3, 0.4) is 0 Å². The fourth-order valence-corrected chi connectivity index (χ4v) is 1.91. The summed E-state index contributed by atoms with van der Waals surface area (Å²) in [6.45, 7) is 1.72. The third-order valence-electron chi connectivity index (χ3n) is 3.07. The Bertz CT molecular complexity index is 594. The average molecular weight is 295 g/mol. The fourth-order valence-electron chi connectivity index (χ4n) is 1.91. The van der Waals surface area contributed by atoms with E-state index in [9.17, 15) is 13.2 Å². The van der Waals surface area contributed by atoms with Gasteiger partial charge in [-0.2, -0.15) is 13.2 Å². The molecule has 0 bridgehead atoms. The average Bonchev–Trinajstić information content (AvgIpc) is 2.45. The van der Waals surface area contributed by atoms with Gasteiger partial charge in [0.15, 0.2) is 0 Å². The zero-order chi connectivity index (χ0) is 15.5. The number of hydrogen-bond donors (Lipinski definition) is 1. The first-order valence-corrected chi connectivity index (χ1v) is 6.51. The van der Waals surface area contributed by atoms with Crippen LogP contribution in [0.2, 0.25) is 0 Å². The Morgan fingerprint density at radius 3 is 2.33 bits per heavy atom. The van der Waals surface area contributed by atoms with E-state index in [1.807, 2.05) is 18.2 Å². The number of rotatable bonds is 4. The Hall–Kier alpha value is -2.01. The van der Waals surface area contributed by atoms with Gasteiger partial charge in [0, 0.05) is 6.04 Å². The van der Waals surface area contributed by atoms with E-state index in [1.165, 1.54) is 6.07 Å². The van der Waals surface area contributed by atoms with Crippen LogP contribution in [-0.4, -0.2) is 0 Å². The van der Waals surface area contributed by atoms with Crippen LogP contribution >= 0.6 is 0 Å². The Morgan fingerprint density at radius 1 is 1.10 bits per heavy atom. The molecule has 21 heavy (non-hydrogen) atoms. The first-order valence-electron chi connectivity index (χ1n) is 6.51. The van der Waals surface area contributed by atoms with Crippen LogP contribution in [0, 0.1) is 0 Å². The molecular formula is C16H16F3NO. The van der Waals surface area contributed by atoms with E-state index >= 15 is 0 Å². The minimum absolute atomic E-state index is 0.0848. The van der Waals surface area contributed by atoms with E-state index in [2.05, 4.69) is 0 Å². The van der Waals surface area contributed by atoms with Crippen molar-refractivity contribution in [1.29, 1.82) is 0 Å². The molecule has 0 fully saturated rings. The van der Waals surface area contributed by atoms with Gasteiger partial charge >= 0.3 is 6.18 Å². The van der Waals surface area contributed by atoms with Crippen molar-refractivity contribution in [2.45, 2.75) is 25.7 Å². The molecule has 2 aromatic carbocycles. The Kier molecular flexibility index (Phi) is 4.53. The highest BCUT2D eigenvalue weighted by atomic mass is 19.4. The van der Waals surface area contributed by atoms with E-state index < -0.39 is 17.8 Å². The molecular weight excluding hydrogens is 279 g/mol. The molecule has 5 heteroatoms. The van der Waals surface area contributed by atoms with Crippen molar-refractivity contribution in [3.8, 4) is 5.75 Å². The predicted octanol–water partition coefficient (Wildman–Crippen LogP) is 4.30. The summed E-state index contributed by atoms with van der Waals surface area (Å²) in [5.41, 5.74) is 6.07. The van der Waals surface area contributed by atoms with E-state index in [0.29, 0.717) is 5.56 Å². The summed E-state index contributed by atoms with van der Waals surface area (Å²) in [4.78, 5) is 0. The monoisotopic (exact) mass is 295 g/mol. The molecule has 2 rings (SSSR count). The van der Waals surface area contributed by atoms with E-state index in [0.717, 1.165) is 11.6 Å². The maximum atomic E-state index is 13.1. The van der Waals surface area contributed by atoms with Crippen molar-refractivity contribution < 1.29 is 17.9 Å². The molecule has 0 aliphatic heterocycles. The quantitative estimate of drug-likeness (QED) is 0.912. The third kappa shape index (κ3) is 3.98. The topological polar surface area (TPSA) is 35.2 Å². The molecule has 1 atom stereocenters. The maximum absolute atomic E-state index is 13.1. The second-order valence-electron chi connectivity index (χ2n) is 4.82. The van der Waals surface area contributed by atoms with Crippen LogP contribution in [0.15, 0.2) is 48.5 Å². The predicted molar refractivity (Wildman–Crippen MR) is 74.8 cm³/mol. The van der Waals surface area contributed by atoms with Gasteiger partial charge in [-0.1, -0.05) is 36.4 Å². The van der Waals surface area contributed by atoms with Crippen LogP contribution in [0.4, 0.5) is 13.2 Å². The summed E-state index contributed by atoms with van der Waals surface area (Å²) < 4.78 is 44.6. The largest absolute Gasteiger partial charge is 0.488 e. The molecule has 0 aliphatic rings. The van der Waals surface area contributed by atoms with Gasteiger partial charge in [0.05, 0.1) is 5.56 Å². The normalized spacial score (nSPS) is 13.0. The van der Waals surface area contributed by atoms with Crippen molar-refractivity contribution in [2.75, 3.05) is 0 Å². The minimum atomic E-state index is -4.48. The van der Waals surface area contributed by atoms with E-state index in [-0.39, 0.29) is 12.4 Å². The summed E-state index contributed by atoms with van der Waals surface area (Å²) in [6, 6.07) is 12.5. The first kappa shape index (κ1) is 15.4. The number of alkyl halides is 3. The van der Waals surface area contributed by atoms with Gasteiger partial charge in [-0.15, -0.1) is 0 Å². The van der Waals surface area contributed by atoms with Crippen LogP contribution < -0.4 is 10.5 Å². The fraction of sp³-hybridized carbons (Fsp3) is 0.250. The summed E-state index contributed by atoms with van der Waals surface area (Å²) in [5, 5.41) is 0. The number of benzene rings is 2. The van der Waals surface area contributed by atoms with Crippen LogP contribution in [-0.2, 0) is 12.8 Å². The van der Waals surface area contributed by atoms with Gasteiger partial charge in [-0.3, -0.25) is 0 Å². The zero-order valence-electron chi connectivity index (χ0n) is 11.5. The van der Waals surface area contributed by atoms with Crippen molar-refractivity contribution in [1.82, 2.24) is 0 Å². The molecule has 0 aromatic heterocycles. The molecule has 0 saturated heterocycles. The lowest BCUT2D eigenvalue weighted by Crippen LogP contribution is -2.12. The highest BCUT2D eigenvalue weighted by Gasteiger charge is 2.34. The summed E-state index contributed by atoms with van der Waals surface area (Å²) >= 11 is 0. The smallest absolute Gasteiger partial charge is 0.419 e. The van der Waals surface area contributed by atoms with Crippen molar-refractivity contribution in [3.05, 3.63) is 65.2 Å². The SMILES string of the molecule is CC(N)c1ccc(OCc2ccccc2)c(C(F)(F)F)c1. The number of hydrogen-bond acceptors (Lipinski definition) is 2. The lowest BCUT2D eigenvalue weighted by atomic mass is 10.0. The second-order valence-corrected chi connectivity index (χ2v) is 4.82. The lowest BCUT2D eigenvalue weighted by molar-refractivity contribution is -0.139. The summed E-state index contributed by atoms with van der Waals surface area (Å²) in [5.74, 6) is -0.184. The Morgan fingerprint density at radius 2 is 1.76 bits per heavy atom. The highest BCUT2D eigenvalue weighted by Crippen LogP contribution is 2.37. The molecule has 0 saturated carbocycles. The summed E-state index contributed by atoms with van der Waals surface area (Å²) in [6.07, 6.45) is -4.48. The molecule has 0 aliphatic carbocycles. The van der Waals surface area contributed by atoms with Gasteiger partial charge < -0.3 is 10.5 Å². The molecule has 2 aromatic rings. The summed E-state index contributed by atoms with van der Waals surface area (Å²) in [7, 11) is 0. The second kappa shape index (κ2) is 6.18. The van der Waals surface area contributed by atoms with Gasteiger partial charge in [-0.05, 0) is 30.2 Å². The number of halogens is 3. The van der Waals surface area contributed by atoms with Crippen molar-refractivity contribution >= 4 is 0 Å². The standard InChI is InChI=1S/C16H16F3NO/c1-11(20)13-7-8-15(14(9-13)16(17,18)19)21-10-12-5-3-2-4-6-12/h2-9,11H,10,20H2,1H3. The van der Waals surface area contributed by atoms with Gasteiger partial charge in [-0.25, -0.2) is 0 Å². The number of ether oxygens (including phenoxy) is 1. The molecule has 1 unspecified atom stereocenters. The third-order valence-corrected chi connectivity index (χ3v) is 3.07. The molecule has 2 nitrogen and oxygen atoms in total. The van der Waals surface area contributed by atoms with E-state index in [1.54, 1.807) is 25.1 Å². The molecule has 0 amide bonds. The minimum Gasteiger partial charge on any atom is -0.488 e. The van der Waals surface area contributed by atoms with Crippen LogP contribution in [0.5, 0.6) is 5.75 Å². The zero-order valence-corrected chi connectivity index (χ0v) is 11.5. The van der Waals surface area contributed by atoms with Crippen LogP contribution in [0.1, 0.15) is 29.7 Å². The molecule has 0 radical (unpaired) electrons. The molecule has 0 heterocycles. The van der Waals surface area contributed by atoms with Crippen molar-refractivity contribution in [3.63, 3.8) is 0 Å². The van der Waals surface area contributed by atoms with E-state index in [4.69, 9.17) is 10.5 Å². The Balaban J connectivity index is 2.26. The molecule has 112 valence electrons. The van der Waals surface area contributed by atoms with Crippen molar-refractivity contribution in [2.24, 2.45) is 5.73 Å². The van der Waals surface area contributed by atoms with Gasteiger partial charge in [0.2, 0.25) is 0 Å². The highest BCUT2D eigenvalue weighted by molar-refractivity contribution is 5.40. The van der Waals surface area contributed by atoms with Gasteiger partial charge in [0.1, 0.15) is 12.4 Å². The molecule has 0 spiro atoms. The maximum Gasteiger partial charge on any atom is 0.419 e. The number of nitrogens with two attached hydrogens (primary N) is 1.